The second-order valence-electron chi connectivity index (χ2n) is 6.09. The molecule has 0 aromatic heterocycles. The molecule has 1 aliphatic carbocycles. The van der Waals surface area contributed by atoms with E-state index in [1.807, 2.05) is 32.0 Å². The monoisotopic (exact) mass is 309 g/mol. The summed E-state index contributed by atoms with van der Waals surface area (Å²) in [5.41, 5.74) is 2.88. The van der Waals surface area contributed by atoms with Gasteiger partial charge in [-0.3, -0.25) is 4.79 Å². The normalized spacial score (nSPS) is 22.8. The Bertz CT molecular complexity index is 637. The lowest BCUT2D eigenvalue weighted by molar-refractivity contribution is 0.0928. The summed E-state index contributed by atoms with van der Waals surface area (Å²) >= 11 is 0. The molecule has 0 radical (unpaired) electrons. The first-order valence-electron chi connectivity index (χ1n) is 7.34. The van der Waals surface area contributed by atoms with Gasteiger partial charge in [-0.05, 0) is 56.4 Å². The van der Waals surface area contributed by atoms with Crippen LogP contribution in [0.3, 0.4) is 0 Å². The fraction of sp³-hybridized carbons (Fsp3) is 0.562. The van der Waals surface area contributed by atoms with Gasteiger partial charge < -0.3 is 5.32 Å². The highest BCUT2D eigenvalue weighted by Gasteiger charge is 2.29. The van der Waals surface area contributed by atoms with Crippen molar-refractivity contribution in [3.8, 4) is 0 Å². The molecule has 2 rings (SSSR count). The van der Waals surface area contributed by atoms with E-state index in [2.05, 4.69) is 5.32 Å². The molecule has 1 aromatic carbocycles. The third kappa shape index (κ3) is 4.06. The van der Waals surface area contributed by atoms with Crippen LogP contribution < -0.4 is 5.32 Å². The topological polar surface area (TPSA) is 63.2 Å². The summed E-state index contributed by atoms with van der Waals surface area (Å²) in [5, 5.41) is 2.66. The number of amides is 1. The molecule has 1 fully saturated rings. The number of hydrogen-bond acceptors (Lipinski definition) is 3. The molecule has 1 aromatic rings. The zero-order chi connectivity index (χ0) is 15.6. The number of carbonyl (C=O) groups is 1. The number of rotatable bonds is 3. The van der Waals surface area contributed by atoms with E-state index in [-0.39, 0.29) is 17.2 Å². The summed E-state index contributed by atoms with van der Waals surface area (Å²) < 4.78 is 23.3. The molecular formula is C16H23NO3S. The van der Waals surface area contributed by atoms with E-state index in [0.29, 0.717) is 18.4 Å². The number of aryl methyl sites for hydroxylation is 2. The minimum Gasteiger partial charge on any atom is -0.349 e. The Labute approximate surface area is 126 Å². The summed E-state index contributed by atoms with van der Waals surface area (Å²) in [5.74, 6) is -0.114. The maximum absolute atomic E-state index is 12.3. The highest BCUT2D eigenvalue weighted by molar-refractivity contribution is 7.91. The lowest BCUT2D eigenvalue weighted by Crippen LogP contribution is -2.41. The van der Waals surface area contributed by atoms with Gasteiger partial charge in [0.2, 0.25) is 0 Å². The van der Waals surface area contributed by atoms with Gasteiger partial charge in [-0.2, -0.15) is 0 Å². The number of nitrogens with one attached hydrogen (secondary N) is 1. The Kier molecular flexibility index (Phi) is 4.71. The van der Waals surface area contributed by atoms with Crippen LogP contribution in [-0.2, 0) is 9.84 Å². The zero-order valence-corrected chi connectivity index (χ0v) is 13.7. The van der Waals surface area contributed by atoms with E-state index < -0.39 is 9.84 Å². The van der Waals surface area contributed by atoms with E-state index >= 15 is 0 Å². The molecule has 0 saturated heterocycles. The molecule has 5 heteroatoms. The van der Waals surface area contributed by atoms with Crippen molar-refractivity contribution < 1.29 is 13.2 Å². The molecule has 0 spiro atoms. The lowest BCUT2D eigenvalue weighted by Gasteiger charge is -2.28. The van der Waals surface area contributed by atoms with Crippen molar-refractivity contribution in [2.45, 2.75) is 50.8 Å². The summed E-state index contributed by atoms with van der Waals surface area (Å²) in [7, 11) is -3.02. The fourth-order valence-electron chi connectivity index (χ4n) is 2.82. The average molecular weight is 309 g/mol. The van der Waals surface area contributed by atoms with Crippen molar-refractivity contribution in [3.05, 3.63) is 34.9 Å². The van der Waals surface area contributed by atoms with Crippen LogP contribution in [0, 0.1) is 13.8 Å². The summed E-state index contributed by atoms with van der Waals surface area (Å²) in [6.07, 6.45) is 4.20. The molecule has 4 nitrogen and oxygen atoms in total. The predicted molar refractivity (Wildman–Crippen MR) is 84.3 cm³/mol. The highest BCUT2D eigenvalue weighted by Crippen LogP contribution is 2.24. The number of hydrogen-bond donors (Lipinski definition) is 1. The second-order valence-corrected chi connectivity index (χ2v) is 8.41. The number of benzene rings is 1. The lowest BCUT2D eigenvalue weighted by atomic mass is 9.94. The molecule has 1 saturated carbocycles. The van der Waals surface area contributed by atoms with Gasteiger partial charge in [0.15, 0.2) is 0 Å². The van der Waals surface area contributed by atoms with Crippen molar-refractivity contribution in [2.75, 3.05) is 6.26 Å². The second kappa shape index (κ2) is 6.18. The van der Waals surface area contributed by atoms with Crippen molar-refractivity contribution in [1.82, 2.24) is 5.32 Å². The first-order chi connectivity index (χ1) is 9.77. The summed E-state index contributed by atoms with van der Waals surface area (Å²) in [6.45, 7) is 3.99. The molecule has 1 aliphatic rings. The van der Waals surface area contributed by atoms with Crippen LogP contribution in [0.4, 0.5) is 0 Å². The molecule has 0 heterocycles. The van der Waals surface area contributed by atoms with Crippen LogP contribution in [0.2, 0.25) is 0 Å². The smallest absolute Gasteiger partial charge is 0.251 e. The molecule has 21 heavy (non-hydrogen) atoms. The fourth-order valence-corrected chi connectivity index (χ4v) is 3.99. The van der Waals surface area contributed by atoms with E-state index in [9.17, 15) is 13.2 Å². The Morgan fingerprint density at radius 3 is 2.52 bits per heavy atom. The number of carbonyl (C=O) groups excluding carboxylic acids is 1. The van der Waals surface area contributed by atoms with Gasteiger partial charge in [0.05, 0.1) is 5.25 Å². The highest BCUT2D eigenvalue weighted by atomic mass is 32.2. The number of sulfone groups is 1. The third-order valence-corrected chi connectivity index (χ3v) is 5.98. The predicted octanol–water partition coefficient (Wildman–Crippen LogP) is 2.39. The molecule has 116 valence electrons. The van der Waals surface area contributed by atoms with Gasteiger partial charge in [0.1, 0.15) is 9.84 Å². The largest absolute Gasteiger partial charge is 0.349 e. The Hall–Kier alpha value is -1.36. The van der Waals surface area contributed by atoms with Gasteiger partial charge in [0, 0.05) is 17.9 Å². The first-order valence-corrected chi connectivity index (χ1v) is 9.30. The minimum absolute atomic E-state index is 0.0485. The summed E-state index contributed by atoms with van der Waals surface area (Å²) in [6, 6.07) is 5.58. The van der Waals surface area contributed by atoms with Gasteiger partial charge >= 0.3 is 0 Å². The van der Waals surface area contributed by atoms with Gasteiger partial charge in [-0.15, -0.1) is 0 Å². The van der Waals surface area contributed by atoms with Crippen LogP contribution in [0.5, 0.6) is 0 Å². The van der Waals surface area contributed by atoms with Crippen molar-refractivity contribution in [2.24, 2.45) is 0 Å². The van der Waals surface area contributed by atoms with E-state index in [1.54, 1.807) is 0 Å². The standard InChI is InChI=1S/C16H23NO3S/c1-11-7-8-13(9-12(11)2)16(18)17-14-5-4-6-15(10-14)21(3,19)20/h7-9,14-15H,4-6,10H2,1-3H3,(H,17,18)/t14-,15+/m1/s1. The summed E-state index contributed by atoms with van der Waals surface area (Å²) in [4.78, 5) is 12.3. The zero-order valence-electron chi connectivity index (χ0n) is 12.8. The van der Waals surface area contributed by atoms with E-state index in [1.165, 1.54) is 6.26 Å². The van der Waals surface area contributed by atoms with Crippen LogP contribution in [0.25, 0.3) is 0 Å². The van der Waals surface area contributed by atoms with Crippen LogP contribution >= 0.6 is 0 Å². The van der Waals surface area contributed by atoms with E-state index in [4.69, 9.17) is 0 Å². The molecule has 1 amide bonds. The van der Waals surface area contributed by atoms with Crippen molar-refractivity contribution >= 4 is 15.7 Å². The molecule has 0 bridgehead atoms. The maximum atomic E-state index is 12.3. The SMILES string of the molecule is Cc1ccc(C(=O)N[C@@H]2CCC[C@H](S(C)(=O)=O)C2)cc1C. The van der Waals surface area contributed by atoms with Crippen molar-refractivity contribution in [1.29, 1.82) is 0 Å². The quantitative estimate of drug-likeness (QED) is 0.932. The molecule has 0 aliphatic heterocycles. The van der Waals surface area contributed by atoms with Gasteiger partial charge in [-0.25, -0.2) is 8.42 Å². The molecule has 1 N–H and O–H groups in total. The Morgan fingerprint density at radius 2 is 1.90 bits per heavy atom. The maximum Gasteiger partial charge on any atom is 0.251 e. The average Bonchev–Trinajstić information content (AvgIpc) is 2.41. The molecular weight excluding hydrogens is 286 g/mol. The third-order valence-electron chi connectivity index (χ3n) is 4.34. The van der Waals surface area contributed by atoms with Crippen LogP contribution in [0.15, 0.2) is 18.2 Å². The molecule has 2 atom stereocenters. The van der Waals surface area contributed by atoms with Crippen LogP contribution in [-0.4, -0.2) is 31.9 Å². The molecule has 0 unspecified atom stereocenters. The van der Waals surface area contributed by atoms with Gasteiger partial charge in [0.25, 0.3) is 5.91 Å². The van der Waals surface area contributed by atoms with Crippen LogP contribution in [0.1, 0.15) is 47.2 Å². The Balaban J connectivity index is 2.03. The Morgan fingerprint density at radius 1 is 1.19 bits per heavy atom. The van der Waals surface area contributed by atoms with E-state index in [0.717, 1.165) is 24.0 Å². The minimum atomic E-state index is -3.02. The van der Waals surface area contributed by atoms with Gasteiger partial charge in [-0.1, -0.05) is 12.5 Å². The van der Waals surface area contributed by atoms with Crippen molar-refractivity contribution in [3.63, 3.8) is 0 Å². The first kappa shape index (κ1) is 16.0.